The second kappa shape index (κ2) is 12.3. The lowest BCUT2D eigenvalue weighted by molar-refractivity contribution is 0.0729. The second-order valence-electron chi connectivity index (χ2n) is 6.59. The van der Waals surface area contributed by atoms with Gasteiger partial charge in [-0.15, -0.1) is 0 Å². The number of hydrogen-bond donors (Lipinski definition) is 2. The SMILES string of the molecule is CN=C(NCCCCSC)NCc1ccccc1CS(=O)(=O)N1CCOCC1. The summed E-state index contributed by atoms with van der Waals surface area (Å²) >= 11 is 1.86. The van der Waals surface area contributed by atoms with E-state index in [1.54, 1.807) is 7.05 Å². The van der Waals surface area contributed by atoms with Gasteiger partial charge in [-0.3, -0.25) is 4.99 Å². The van der Waals surface area contributed by atoms with Gasteiger partial charge >= 0.3 is 0 Å². The van der Waals surface area contributed by atoms with Crippen molar-refractivity contribution in [2.75, 3.05) is 51.9 Å². The lowest BCUT2D eigenvalue weighted by atomic mass is 10.1. The first kappa shape index (κ1) is 23.0. The van der Waals surface area contributed by atoms with Gasteiger partial charge in [-0.25, -0.2) is 8.42 Å². The summed E-state index contributed by atoms with van der Waals surface area (Å²) in [6.45, 7) is 3.17. The average molecular weight is 429 g/mol. The minimum Gasteiger partial charge on any atom is -0.379 e. The number of nitrogens with zero attached hydrogens (tertiary/aromatic N) is 2. The van der Waals surface area contributed by atoms with Crippen molar-refractivity contribution in [3.05, 3.63) is 35.4 Å². The molecule has 0 unspecified atom stereocenters. The molecule has 0 spiro atoms. The number of morpholine rings is 1. The summed E-state index contributed by atoms with van der Waals surface area (Å²) in [5.41, 5.74) is 1.78. The largest absolute Gasteiger partial charge is 0.379 e. The van der Waals surface area contributed by atoms with E-state index in [2.05, 4.69) is 21.9 Å². The van der Waals surface area contributed by atoms with Crippen molar-refractivity contribution >= 4 is 27.7 Å². The maximum absolute atomic E-state index is 12.7. The van der Waals surface area contributed by atoms with Gasteiger partial charge in [-0.05, 0) is 36.0 Å². The van der Waals surface area contributed by atoms with E-state index in [0.717, 1.165) is 30.1 Å². The zero-order valence-electron chi connectivity index (χ0n) is 16.8. The minimum absolute atomic E-state index is 0.00552. The van der Waals surface area contributed by atoms with Gasteiger partial charge in [-0.1, -0.05) is 24.3 Å². The molecule has 0 aliphatic carbocycles. The van der Waals surface area contributed by atoms with E-state index in [1.165, 1.54) is 16.5 Å². The Bertz CT molecular complexity index is 720. The fourth-order valence-corrected chi connectivity index (χ4v) is 5.02. The molecular formula is C19H32N4O3S2. The molecule has 2 rings (SSSR count). The summed E-state index contributed by atoms with van der Waals surface area (Å²) in [5.74, 6) is 1.90. The molecule has 1 aromatic carbocycles. The summed E-state index contributed by atoms with van der Waals surface area (Å²) in [6.07, 6.45) is 4.38. The van der Waals surface area contributed by atoms with Crippen molar-refractivity contribution in [1.82, 2.24) is 14.9 Å². The number of benzene rings is 1. The molecule has 0 radical (unpaired) electrons. The van der Waals surface area contributed by atoms with Crippen molar-refractivity contribution in [2.45, 2.75) is 25.1 Å². The molecule has 0 atom stereocenters. The first-order valence-electron chi connectivity index (χ1n) is 9.62. The van der Waals surface area contributed by atoms with Crippen molar-refractivity contribution < 1.29 is 13.2 Å². The molecular weight excluding hydrogens is 396 g/mol. The van der Waals surface area contributed by atoms with E-state index in [-0.39, 0.29) is 5.75 Å². The molecule has 2 N–H and O–H groups in total. The summed E-state index contributed by atoms with van der Waals surface area (Å²) in [5, 5.41) is 6.59. The molecule has 1 heterocycles. The van der Waals surface area contributed by atoms with E-state index >= 15 is 0 Å². The fourth-order valence-electron chi connectivity index (χ4n) is 2.96. The van der Waals surface area contributed by atoms with Crippen LogP contribution in [0.5, 0.6) is 0 Å². The number of aliphatic imine (C=N–C) groups is 1. The fraction of sp³-hybridized carbons (Fsp3) is 0.632. The molecule has 0 aromatic heterocycles. The highest BCUT2D eigenvalue weighted by Gasteiger charge is 2.25. The Balaban J connectivity index is 1.92. The van der Waals surface area contributed by atoms with Crippen LogP contribution in [0, 0.1) is 0 Å². The van der Waals surface area contributed by atoms with Crippen LogP contribution >= 0.6 is 11.8 Å². The Morgan fingerprint density at radius 2 is 1.89 bits per heavy atom. The molecule has 1 aromatic rings. The van der Waals surface area contributed by atoms with Gasteiger partial charge < -0.3 is 15.4 Å². The van der Waals surface area contributed by atoms with E-state index in [9.17, 15) is 8.42 Å². The smallest absolute Gasteiger partial charge is 0.218 e. The lowest BCUT2D eigenvalue weighted by Gasteiger charge is -2.26. The van der Waals surface area contributed by atoms with Crippen molar-refractivity contribution in [2.24, 2.45) is 4.99 Å². The normalized spacial score (nSPS) is 16.1. The third-order valence-electron chi connectivity index (χ3n) is 4.56. The van der Waals surface area contributed by atoms with Crippen molar-refractivity contribution in [3.8, 4) is 0 Å². The molecule has 0 amide bonds. The number of guanidine groups is 1. The zero-order chi connectivity index (χ0) is 20.2. The van der Waals surface area contributed by atoms with Crippen LogP contribution < -0.4 is 10.6 Å². The highest BCUT2D eigenvalue weighted by atomic mass is 32.2. The Hall–Kier alpha value is -1.29. The molecule has 158 valence electrons. The zero-order valence-corrected chi connectivity index (χ0v) is 18.4. The van der Waals surface area contributed by atoms with E-state index in [1.807, 2.05) is 36.0 Å². The van der Waals surface area contributed by atoms with Gasteiger partial charge in [0.15, 0.2) is 5.96 Å². The summed E-state index contributed by atoms with van der Waals surface area (Å²) in [6, 6.07) is 7.66. The quantitative estimate of drug-likeness (QED) is 0.335. The maximum Gasteiger partial charge on any atom is 0.218 e. The van der Waals surface area contributed by atoms with Crippen LogP contribution in [0.2, 0.25) is 0 Å². The van der Waals surface area contributed by atoms with Gasteiger partial charge in [0.05, 0.1) is 19.0 Å². The van der Waals surface area contributed by atoms with Crippen LogP contribution in [0.1, 0.15) is 24.0 Å². The Labute approximate surface area is 173 Å². The number of unbranched alkanes of at least 4 members (excludes halogenated alkanes) is 1. The Kier molecular flexibility index (Phi) is 10.1. The predicted octanol–water partition coefficient (Wildman–Crippen LogP) is 1.66. The highest BCUT2D eigenvalue weighted by Crippen LogP contribution is 2.16. The molecule has 1 saturated heterocycles. The molecule has 0 bridgehead atoms. The van der Waals surface area contributed by atoms with E-state index in [4.69, 9.17) is 4.74 Å². The van der Waals surface area contributed by atoms with Crippen LogP contribution in [0.25, 0.3) is 0 Å². The molecule has 1 fully saturated rings. The van der Waals surface area contributed by atoms with Crippen LogP contribution in [-0.2, 0) is 27.1 Å². The summed E-state index contributed by atoms with van der Waals surface area (Å²) in [7, 11) is -1.61. The lowest BCUT2D eigenvalue weighted by Crippen LogP contribution is -2.41. The number of rotatable bonds is 10. The topological polar surface area (TPSA) is 83.0 Å². The molecule has 1 aliphatic heterocycles. The molecule has 28 heavy (non-hydrogen) atoms. The van der Waals surface area contributed by atoms with Gasteiger partial charge in [0.1, 0.15) is 0 Å². The number of hydrogen-bond acceptors (Lipinski definition) is 5. The van der Waals surface area contributed by atoms with Crippen LogP contribution in [0.4, 0.5) is 0 Å². The van der Waals surface area contributed by atoms with Crippen LogP contribution in [0.15, 0.2) is 29.3 Å². The predicted molar refractivity (Wildman–Crippen MR) is 117 cm³/mol. The molecule has 7 nitrogen and oxygen atoms in total. The average Bonchev–Trinajstić information content (AvgIpc) is 2.71. The van der Waals surface area contributed by atoms with Gasteiger partial charge in [0.2, 0.25) is 10.0 Å². The minimum atomic E-state index is -3.35. The molecule has 9 heteroatoms. The third kappa shape index (κ3) is 7.62. The van der Waals surface area contributed by atoms with Crippen LogP contribution in [0.3, 0.4) is 0 Å². The van der Waals surface area contributed by atoms with E-state index in [0.29, 0.717) is 32.8 Å². The number of ether oxygens (including phenoxy) is 1. The first-order chi connectivity index (χ1) is 13.6. The van der Waals surface area contributed by atoms with Gasteiger partial charge in [-0.2, -0.15) is 16.1 Å². The van der Waals surface area contributed by atoms with Gasteiger partial charge in [0.25, 0.3) is 0 Å². The summed E-state index contributed by atoms with van der Waals surface area (Å²) in [4.78, 5) is 4.25. The maximum atomic E-state index is 12.7. The first-order valence-corrected chi connectivity index (χ1v) is 12.6. The number of thioether (sulfide) groups is 1. The number of sulfonamides is 1. The standard InChI is InChI=1S/C19H32N4O3S2/c1-20-19(21-9-5-6-14-27-2)22-15-17-7-3-4-8-18(17)16-28(24,25)23-10-12-26-13-11-23/h3-4,7-8H,5-6,9-16H2,1-2H3,(H2,20,21,22). The monoisotopic (exact) mass is 428 g/mol. The highest BCUT2D eigenvalue weighted by molar-refractivity contribution is 7.98. The van der Waals surface area contributed by atoms with Gasteiger partial charge in [0, 0.05) is 33.2 Å². The number of nitrogens with one attached hydrogen (secondary N) is 2. The van der Waals surface area contributed by atoms with E-state index < -0.39 is 10.0 Å². The molecule has 0 saturated carbocycles. The second-order valence-corrected chi connectivity index (χ2v) is 9.54. The third-order valence-corrected chi connectivity index (χ3v) is 7.08. The Morgan fingerprint density at radius 1 is 1.18 bits per heavy atom. The molecule has 1 aliphatic rings. The Morgan fingerprint density at radius 3 is 2.57 bits per heavy atom. The van der Waals surface area contributed by atoms with Crippen molar-refractivity contribution in [1.29, 1.82) is 0 Å². The van der Waals surface area contributed by atoms with Crippen molar-refractivity contribution in [3.63, 3.8) is 0 Å². The van der Waals surface area contributed by atoms with Crippen LogP contribution in [-0.4, -0.2) is 70.6 Å². The summed E-state index contributed by atoms with van der Waals surface area (Å²) < 4.78 is 32.3.